The summed E-state index contributed by atoms with van der Waals surface area (Å²) in [4.78, 5) is 25.0. The molecular formula is C10H18O7. The first kappa shape index (κ1) is 15.7. The third-order valence-corrected chi connectivity index (χ3v) is 2.25. The van der Waals surface area contributed by atoms with E-state index in [4.69, 9.17) is 9.99 Å². The summed E-state index contributed by atoms with van der Waals surface area (Å²) in [6, 6.07) is 0. The summed E-state index contributed by atoms with van der Waals surface area (Å²) >= 11 is 0. The lowest BCUT2D eigenvalue weighted by Crippen LogP contribution is -2.18. The van der Waals surface area contributed by atoms with Gasteiger partial charge in [0.1, 0.15) is 0 Å². The largest absolute Gasteiger partial charge is 0.553 e. The highest BCUT2D eigenvalue weighted by Crippen LogP contribution is 2.13. The van der Waals surface area contributed by atoms with Crippen LogP contribution in [-0.2, 0) is 19.4 Å². The average molecular weight is 250 g/mol. The summed E-state index contributed by atoms with van der Waals surface area (Å²) < 4.78 is 8.69. The summed E-state index contributed by atoms with van der Waals surface area (Å²) in [7, 11) is 0. The van der Waals surface area contributed by atoms with Crippen molar-refractivity contribution in [1.29, 1.82) is 0 Å². The lowest BCUT2D eigenvalue weighted by atomic mass is 10.0. The number of unbranched alkanes of at least 4 members (excludes halogenated alkanes) is 1. The van der Waals surface area contributed by atoms with Crippen molar-refractivity contribution in [3.05, 3.63) is 0 Å². The molecule has 100 valence electrons. The van der Waals surface area contributed by atoms with Crippen molar-refractivity contribution >= 4 is 12.3 Å². The van der Waals surface area contributed by atoms with Gasteiger partial charge in [0.2, 0.25) is 0 Å². The molecule has 0 fully saturated rings. The van der Waals surface area contributed by atoms with Crippen molar-refractivity contribution in [2.45, 2.75) is 39.5 Å². The second kappa shape index (κ2) is 9.86. The van der Waals surface area contributed by atoms with Crippen molar-refractivity contribution in [3.8, 4) is 0 Å². The van der Waals surface area contributed by atoms with E-state index >= 15 is 0 Å². The zero-order chi connectivity index (χ0) is 13.1. The summed E-state index contributed by atoms with van der Waals surface area (Å²) in [5.41, 5.74) is 0. The molecule has 1 unspecified atom stereocenters. The molecule has 7 nitrogen and oxygen atoms in total. The maximum atomic E-state index is 10.9. The second-order valence-electron chi connectivity index (χ2n) is 3.49. The predicted octanol–water partition coefficient (Wildman–Crippen LogP) is 2.90. The van der Waals surface area contributed by atoms with E-state index in [0.717, 1.165) is 25.7 Å². The van der Waals surface area contributed by atoms with Crippen molar-refractivity contribution in [2.75, 3.05) is 6.61 Å². The van der Waals surface area contributed by atoms with Gasteiger partial charge < -0.3 is 9.47 Å². The van der Waals surface area contributed by atoms with E-state index in [9.17, 15) is 9.59 Å². The zero-order valence-electron chi connectivity index (χ0n) is 10.0. The van der Waals surface area contributed by atoms with Gasteiger partial charge in [0.25, 0.3) is 0 Å². The van der Waals surface area contributed by atoms with E-state index in [2.05, 4.69) is 21.6 Å². The van der Waals surface area contributed by atoms with Crippen LogP contribution in [0.15, 0.2) is 0 Å². The van der Waals surface area contributed by atoms with Gasteiger partial charge in [-0.3, -0.25) is 0 Å². The van der Waals surface area contributed by atoms with Crippen LogP contribution in [0.25, 0.3) is 0 Å². The van der Waals surface area contributed by atoms with Crippen molar-refractivity contribution in [2.24, 2.45) is 5.92 Å². The first-order valence-corrected chi connectivity index (χ1v) is 5.50. The minimum Gasteiger partial charge on any atom is -0.434 e. The Balaban J connectivity index is 3.76. The molecule has 17 heavy (non-hydrogen) atoms. The number of carbonyl (C=O) groups excluding carboxylic acids is 2. The molecule has 0 amide bonds. The molecule has 0 aliphatic carbocycles. The maximum absolute atomic E-state index is 10.9. The minimum atomic E-state index is -1.49. The Hall–Kier alpha value is -1.34. The average Bonchev–Trinajstić information content (AvgIpc) is 2.29. The van der Waals surface area contributed by atoms with E-state index in [-0.39, 0.29) is 12.5 Å². The molecule has 1 N–H and O–H groups in total. The van der Waals surface area contributed by atoms with Gasteiger partial charge in [0.05, 0.1) is 6.61 Å². The fourth-order valence-corrected chi connectivity index (χ4v) is 1.23. The highest BCUT2D eigenvalue weighted by molar-refractivity contribution is 5.76. The Labute approximate surface area is 99.5 Å². The number of ether oxygens (including phenoxy) is 2. The molecule has 0 bridgehead atoms. The van der Waals surface area contributed by atoms with Gasteiger partial charge in [-0.25, -0.2) is 14.9 Å². The molecule has 0 aromatic rings. The molecular weight excluding hydrogens is 232 g/mol. The lowest BCUT2D eigenvalue weighted by molar-refractivity contribution is -0.460. The van der Waals surface area contributed by atoms with Crippen LogP contribution >= 0.6 is 0 Å². The first-order valence-electron chi connectivity index (χ1n) is 5.50. The fourth-order valence-electron chi connectivity index (χ4n) is 1.23. The van der Waals surface area contributed by atoms with Crippen LogP contribution < -0.4 is 0 Å². The monoisotopic (exact) mass is 250 g/mol. The lowest BCUT2D eigenvalue weighted by Gasteiger charge is -2.13. The Morgan fingerprint density at radius 1 is 1.24 bits per heavy atom. The molecule has 0 saturated heterocycles. The topological polar surface area (TPSA) is 91.3 Å². The molecule has 0 rings (SSSR count). The van der Waals surface area contributed by atoms with E-state index < -0.39 is 12.3 Å². The Morgan fingerprint density at radius 2 is 1.94 bits per heavy atom. The molecule has 0 aliphatic rings. The summed E-state index contributed by atoms with van der Waals surface area (Å²) in [5.74, 6) is 0.243. The van der Waals surface area contributed by atoms with Crippen molar-refractivity contribution < 1.29 is 34.2 Å². The van der Waals surface area contributed by atoms with Gasteiger partial charge in [0.15, 0.2) is 0 Å². The predicted molar refractivity (Wildman–Crippen MR) is 55.9 cm³/mol. The van der Waals surface area contributed by atoms with Gasteiger partial charge >= 0.3 is 12.3 Å². The van der Waals surface area contributed by atoms with Gasteiger partial charge in [-0.05, 0) is 17.4 Å². The highest BCUT2D eigenvalue weighted by Gasteiger charge is 2.16. The standard InChI is InChI=1S/C10H18O7/c1-3-5-6-8(4-2)7-14-9(11)15-10(12)16-17-13/h8,13H,3-7H2,1-2H3. The quantitative estimate of drug-likeness (QED) is 0.321. The van der Waals surface area contributed by atoms with E-state index in [1.807, 2.05) is 6.92 Å². The highest BCUT2D eigenvalue weighted by atomic mass is 17.5. The fraction of sp³-hybridized carbons (Fsp3) is 0.800. The number of hydrogen-bond acceptors (Lipinski definition) is 7. The van der Waals surface area contributed by atoms with E-state index in [0.29, 0.717) is 0 Å². The Bertz CT molecular complexity index is 229. The molecule has 0 aromatic heterocycles. The third kappa shape index (κ3) is 8.47. The van der Waals surface area contributed by atoms with E-state index in [1.165, 1.54) is 0 Å². The molecule has 0 radical (unpaired) electrons. The van der Waals surface area contributed by atoms with Crippen LogP contribution in [0, 0.1) is 5.92 Å². The van der Waals surface area contributed by atoms with Crippen LogP contribution in [-0.4, -0.2) is 24.2 Å². The van der Waals surface area contributed by atoms with Crippen molar-refractivity contribution in [3.63, 3.8) is 0 Å². The van der Waals surface area contributed by atoms with Crippen LogP contribution in [0.3, 0.4) is 0 Å². The van der Waals surface area contributed by atoms with Crippen LogP contribution in [0.1, 0.15) is 39.5 Å². The van der Waals surface area contributed by atoms with Gasteiger partial charge in [0, 0.05) is 0 Å². The molecule has 0 spiro atoms. The number of rotatable bonds is 7. The molecule has 0 heterocycles. The molecule has 0 saturated carbocycles. The third-order valence-electron chi connectivity index (χ3n) is 2.25. The van der Waals surface area contributed by atoms with Gasteiger partial charge in [-0.1, -0.05) is 33.1 Å². The molecule has 1 atom stereocenters. The smallest absolute Gasteiger partial charge is 0.434 e. The van der Waals surface area contributed by atoms with Gasteiger partial charge in [-0.15, -0.1) is 0 Å². The molecule has 7 heteroatoms. The normalized spacial score (nSPS) is 11.7. The minimum absolute atomic E-state index is 0.183. The van der Waals surface area contributed by atoms with Crippen LogP contribution in [0.4, 0.5) is 9.59 Å². The number of hydrogen-bond donors (Lipinski definition) is 1. The first-order chi connectivity index (χ1) is 8.13. The SMILES string of the molecule is CCCCC(CC)COC(=O)OC(=O)OOO. The maximum Gasteiger partial charge on any atom is 0.553 e. The van der Waals surface area contributed by atoms with Crippen LogP contribution in [0.5, 0.6) is 0 Å². The summed E-state index contributed by atoms with van der Waals surface area (Å²) in [6.07, 6.45) is 1.28. The van der Waals surface area contributed by atoms with Crippen molar-refractivity contribution in [1.82, 2.24) is 0 Å². The number of carbonyl (C=O) groups is 2. The van der Waals surface area contributed by atoms with Gasteiger partial charge in [-0.2, -0.15) is 4.79 Å². The molecule has 0 aromatic carbocycles. The molecule has 0 aliphatic heterocycles. The summed E-state index contributed by atoms with van der Waals surface area (Å²) in [6.45, 7) is 4.25. The Morgan fingerprint density at radius 3 is 2.47 bits per heavy atom. The summed E-state index contributed by atoms with van der Waals surface area (Å²) in [5, 5.41) is 10.7. The second-order valence-corrected chi connectivity index (χ2v) is 3.49. The Kier molecular flexibility index (Phi) is 9.08. The van der Waals surface area contributed by atoms with Crippen LogP contribution in [0.2, 0.25) is 0 Å². The van der Waals surface area contributed by atoms with E-state index in [1.54, 1.807) is 0 Å². The zero-order valence-corrected chi connectivity index (χ0v) is 10.0.